The molecule has 0 amide bonds. The van der Waals surface area contributed by atoms with Crippen molar-refractivity contribution in [3.63, 3.8) is 0 Å². The minimum Gasteiger partial charge on any atom is -0.350 e. The molecule has 15 nitrogen and oxygen atoms in total. The predicted octanol–water partition coefficient (Wildman–Crippen LogP) is 5.66. The molecule has 0 atom stereocenters. The predicted molar refractivity (Wildman–Crippen MR) is 149 cm³/mol. The first-order valence-corrected chi connectivity index (χ1v) is 13.1. The number of anilines is 5. The standard InChI is InChI=1S/C23H20ClFN8O7S/c1-3-5-7-13(6-4-2)27-22-29-21(24)30-23(31-22)28-16-9-8-14(10-20(16)41(38,39)40)26-17-11-15(25)18(32(34)35)12-19(17)33(36)37/h3-12,26H,1-2H3,(H,38,39,40)(H2,27,28,29,30,31)/b5-3+,6-4+,13-7+. The Morgan fingerprint density at radius 1 is 0.976 bits per heavy atom. The van der Waals surface area contributed by atoms with Crippen molar-refractivity contribution in [3.8, 4) is 0 Å². The van der Waals surface area contributed by atoms with Crippen LogP contribution in [0.5, 0.6) is 0 Å². The first-order valence-electron chi connectivity index (χ1n) is 11.2. The van der Waals surface area contributed by atoms with E-state index in [1.807, 2.05) is 6.92 Å². The second-order valence-electron chi connectivity index (χ2n) is 7.80. The van der Waals surface area contributed by atoms with Gasteiger partial charge in [0, 0.05) is 17.5 Å². The Morgan fingerprint density at radius 2 is 1.66 bits per heavy atom. The van der Waals surface area contributed by atoms with E-state index in [1.165, 1.54) is 6.07 Å². The van der Waals surface area contributed by atoms with Gasteiger partial charge in [0.2, 0.25) is 23.0 Å². The minimum absolute atomic E-state index is 0.000512. The molecule has 4 N–H and O–H groups in total. The first kappa shape index (κ1) is 30.5. The summed E-state index contributed by atoms with van der Waals surface area (Å²) < 4.78 is 48.4. The fraction of sp³-hybridized carbons (Fsp3) is 0.0870. The third-order valence-electron chi connectivity index (χ3n) is 4.92. The molecule has 1 aromatic heterocycles. The second-order valence-corrected chi connectivity index (χ2v) is 9.52. The van der Waals surface area contributed by atoms with Crippen LogP contribution in [0.3, 0.4) is 0 Å². The fourth-order valence-corrected chi connectivity index (χ4v) is 4.08. The van der Waals surface area contributed by atoms with Gasteiger partial charge in [0.25, 0.3) is 15.8 Å². The number of halogens is 2. The van der Waals surface area contributed by atoms with Gasteiger partial charge in [-0.15, -0.1) is 0 Å². The summed E-state index contributed by atoms with van der Waals surface area (Å²) in [5.74, 6) is -1.58. The Labute approximate surface area is 236 Å². The number of aromatic nitrogens is 3. The van der Waals surface area contributed by atoms with E-state index in [9.17, 15) is 37.6 Å². The van der Waals surface area contributed by atoms with Crippen molar-refractivity contribution >= 4 is 62.1 Å². The maximum absolute atomic E-state index is 14.2. The van der Waals surface area contributed by atoms with Crippen molar-refractivity contribution in [1.29, 1.82) is 0 Å². The SMILES string of the molecule is C/C=C/C=C(\C=C\C)Nc1nc(Cl)nc(Nc2ccc(Nc3cc(F)c([N+](=O)[O-])cc3[N+](=O)[O-])cc2S(=O)(=O)O)n1. The van der Waals surface area contributed by atoms with Crippen molar-refractivity contribution in [2.75, 3.05) is 16.0 Å². The quantitative estimate of drug-likeness (QED) is 0.0897. The summed E-state index contributed by atoms with van der Waals surface area (Å²) in [6.45, 7) is 3.62. The number of hydrogen-bond donors (Lipinski definition) is 4. The summed E-state index contributed by atoms with van der Waals surface area (Å²) in [5.41, 5.74) is -2.28. The van der Waals surface area contributed by atoms with Gasteiger partial charge in [0.05, 0.1) is 21.6 Å². The Morgan fingerprint density at radius 3 is 2.27 bits per heavy atom. The van der Waals surface area contributed by atoms with Gasteiger partial charge in [-0.05, 0) is 55.8 Å². The van der Waals surface area contributed by atoms with Crippen LogP contribution in [0.4, 0.5) is 44.7 Å². The van der Waals surface area contributed by atoms with Crippen LogP contribution in [-0.2, 0) is 10.1 Å². The highest BCUT2D eigenvalue weighted by atomic mass is 35.5. The summed E-state index contributed by atoms with van der Waals surface area (Å²) in [4.78, 5) is 31.6. The molecule has 0 aliphatic rings. The Kier molecular flexibility index (Phi) is 9.61. The third kappa shape index (κ3) is 8.01. The van der Waals surface area contributed by atoms with E-state index in [4.69, 9.17) is 11.6 Å². The summed E-state index contributed by atoms with van der Waals surface area (Å²) >= 11 is 6.01. The van der Waals surface area contributed by atoms with E-state index in [-0.39, 0.29) is 28.6 Å². The summed E-state index contributed by atoms with van der Waals surface area (Å²) in [6, 6.07) is 4.20. The number of benzene rings is 2. The van der Waals surface area contributed by atoms with Crippen molar-refractivity contribution < 1.29 is 27.2 Å². The maximum atomic E-state index is 14.2. The first-order chi connectivity index (χ1) is 19.3. The van der Waals surface area contributed by atoms with Crippen LogP contribution in [0.1, 0.15) is 13.8 Å². The zero-order chi connectivity index (χ0) is 30.3. The second kappa shape index (κ2) is 12.9. The summed E-state index contributed by atoms with van der Waals surface area (Å²) in [5, 5.41) is 30.1. The van der Waals surface area contributed by atoms with Crippen molar-refractivity contribution in [2.24, 2.45) is 0 Å². The van der Waals surface area contributed by atoms with Gasteiger partial charge in [0.1, 0.15) is 10.6 Å². The Hall–Kier alpha value is -5.00. The lowest BCUT2D eigenvalue weighted by atomic mass is 10.2. The number of nitro groups is 2. The number of nitrogens with one attached hydrogen (secondary N) is 3. The molecule has 0 aliphatic carbocycles. The lowest BCUT2D eigenvalue weighted by molar-refractivity contribution is -0.395. The van der Waals surface area contributed by atoms with Gasteiger partial charge in [-0.1, -0.05) is 18.2 Å². The highest BCUT2D eigenvalue weighted by molar-refractivity contribution is 7.86. The highest BCUT2D eigenvalue weighted by Gasteiger charge is 2.26. The molecule has 3 aromatic rings. The number of nitro benzene ring substituents is 2. The smallest absolute Gasteiger partial charge is 0.311 e. The normalized spacial score (nSPS) is 12.1. The number of allylic oxidation sites excluding steroid dienone is 5. The molecule has 0 spiro atoms. The van der Waals surface area contributed by atoms with Gasteiger partial charge in [-0.3, -0.25) is 24.8 Å². The summed E-state index contributed by atoms with van der Waals surface area (Å²) in [6.07, 6.45) is 8.78. The minimum atomic E-state index is -4.92. The molecule has 214 valence electrons. The van der Waals surface area contributed by atoms with Crippen LogP contribution in [0, 0.1) is 26.0 Å². The van der Waals surface area contributed by atoms with Crippen LogP contribution in [0.15, 0.2) is 71.3 Å². The highest BCUT2D eigenvalue weighted by Crippen LogP contribution is 2.35. The molecule has 0 radical (unpaired) electrons. The lowest BCUT2D eigenvalue weighted by Gasteiger charge is -2.13. The maximum Gasteiger partial charge on any atom is 0.311 e. The van der Waals surface area contributed by atoms with Gasteiger partial charge in [0.15, 0.2) is 0 Å². The van der Waals surface area contributed by atoms with Gasteiger partial charge in [-0.2, -0.15) is 27.8 Å². The van der Waals surface area contributed by atoms with E-state index in [0.717, 1.165) is 12.1 Å². The molecule has 1 heterocycles. The van der Waals surface area contributed by atoms with Crippen LogP contribution in [-0.4, -0.2) is 37.8 Å². The number of rotatable bonds is 11. The monoisotopic (exact) mass is 606 g/mol. The molecule has 0 bridgehead atoms. The molecular weight excluding hydrogens is 587 g/mol. The Balaban J connectivity index is 2.00. The third-order valence-corrected chi connectivity index (χ3v) is 5.98. The molecule has 0 saturated heterocycles. The van der Waals surface area contributed by atoms with E-state index in [2.05, 4.69) is 30.9 Å². The zero-order valence-electron chi connectivity index (χ0n) is 21.1. The molecular formula is C23H20ClFN8O7S. The number of nitrogens with zero attached hydrogens (tertiary/aromatic N) is 5. The van der Waals surface area contributed by atoms with Crippen LogP contribution >= 0.6 is 11.6 Å². The molecule has 18 heteroatoms. The van der Waals surface area contributed by atoms with E-state index < -0.39 is 47.7 Å². The van der Waals surface area contributed by atoms with Crippen molar-refractivity contribution in [2.45, 2.75) is 18.7 Å². The van der Waals surface area contributed by atoms with E-state index in [0.29, 0.717) is 17.8 Å². The Bertz CT molecular complexity index is 1710. The molecule has 0 unspecified atom stereocenters. The zero-order valence-corrected chi connectivity index (χ0v) is 22.6. The summed E-state index contributed by atoms with van der Waals surface area (Å²) in [7, 11) is -4.92. The van der Waals surface area contributed by atoms with Crippen molar-refractivity contribution in [3.05, 3.63) is 97.7 Å². The fourth-order valence-electron chi connectivity index (χ4n) is 3.24. The van der Waals surface area contributed by atoms with Crippen molar-refractivity contribution in [1.82, 2.24) is 15.0 Å². The van der Waals surface area contributed by atoms with Gasteiger partial charge in [-0.25, -0.2) is 0 Å². The van der Waals surface area contributed by atoms with Gasteiger partial charge >= 0.3 is 5.69 Å². The molecule has 41 heavy (non-hydrogen) atoms. The largest absolute Gasteiger partial charge is 0.350 e. The topological polar surface area (TPSA) is 215 Å². The average molecular weight is 607 g/mol. The molecule has 0 aliphatic heterocycles. The number of hydrogen-bond acceptors (Lipinski definition) is 12. The molecule has 0 saturated carbocycles. The van der Waals surface area contributed by atoms with Crippen LogP contribution in [0.25, 0.3) is 0 Å². The van der Waals surface area contributed by atoms with Gasteiger partial charge < -0.3 is 16.0 Å². The van der Waals surface area contributed by atoms with Crippen LogP contribution < -0.4 is 16.0 Å². The molecule has 3 rings (SSSR count). The molecule has 2 aromatic carbocycles. The lowest BCUT2D eigenvalue weighted by Crippen LogP contribution is -2.09. The molecule has 0 fully saturated rings. The average Bonchev–Trinajstić information content (AvgIpc) is 2.87. The van der Waals surface area contributed by atoms with E-state index in [1.54, 1.807) is 37.3 Å². The van der Waals surface area contributed by atoms with E-state index >= 15 is 0 Å². The van der Waals surface area contributed by atoms with Crippen LogP contribution in [0.2, 0.25) is 5.28 Å².